The molecule has 0 radical (unpaired) electrons. The third-order valence-electron chi connectivity index (χ3n) is 4.16. The quantitative estimate of drug-likeness (QED) is 0.636. The predicted molar refractivity (Wildman–Crippen MR) is 84.0 cm³/mol. The second kappa shape index (κ2) is 5.31. The second-order valence-electron chi connectivity index (χ2n) is 6.22. The smallest absolute Gasteiger partial charge is 0.360 e. The summed E-state index contributed by atoms with van der Waals surface area (Å²) >= 11 is 6.56. The van der Waals surface area contributed by atoms with Gasteiger partial charge in [0, 0.05) is 11.2 Å². The van der Waals surface area contributed by atoms with E-state index in [1.807, 2.05) is 27.7 Å². The van der Waals surface area contributed by atoms with Crippen LogP contribution >= 0.6 is 11.5 Å². The molecule has 1 heterocycles. The lowest BCUT2D eigenvalue weighted by Gasteiger charge is -2.36. The first-order valence-electron chi connectivity index (χ1n) is 7.11. The predicted octanol–water partition coefficient (Wildman–Crippen LogP) is 2.85. The summed E-state index contributed by atoms with van der Waals surface area (Å²) in [6, 6.07) is 6.84. The third-order valence-corrected chi connectivity index (χ3v) is 4.59. The van der Waals surface area contributed by atoms with Crippen LogP contribution < -0.4 is 5.46 Å². The Hall–Kier alpha value is -1.04. The van der Waals surface area contributed by atoms with E-state index in [-0.39, 0.29) is 5.97 Å². The highest BCUT2D eigenvalue weighted by Gasteiger charge is 2.51. The van der Waals surface area contributed by atoms with Gasteiger partial charge in [-0.3, -0.25) is 0 Å². The summed E-state index contributed by atoms with van der Waals surface area (Å²) in [6.07, 6.45) is 0. The Morgan fingerprint density at radius 3 is 2.05 bits per heavy atom. The minimum Gasteiger partial charge on any atom is -0.545 e. The SMILES string of the molecule is CCOC(=O)c1ccc([B-]2(Cl)OC(C)(C)C(C)(C)O2)cc1. The number of hydrogen-bond donors (Lipinski definition) is 0. The molecule has 1 fully saturated rings. The third kappa shape index (κ3) is 2.96. The molecule has 116 valence electrons. The molecule has 0 bridgehead atoms. The van der Waals surface area contributed by atoms with Crippen LogP contribution in [0.3, 0.4) is 0 Å². The van der Waals surface area contributed by atoms with Gasteiger partial charge in [-0.1, -0.05) is 24.3 Å². The summed E-state index contributed by atoms with van der Waals surface area (Å²) in [5.41, 5.74) is 0.180. The summed E-state index contributed by atoms with van der Waals surface area (Å²) in [5.74, 6) is -2.44. The number of rotatable bonds is 3. The van der Waals surface area contributed by atoms with Gasteiger partial charge in [-0.25, -0.2) is 4.79 Å². The Morgan fingerprint density at radius 2 is 1.62 bits per heavy atom. The van der Waals surface area contributed by atoms with Gasteiger partial charge in [0.05, 0.1) is 12.2 Å². The Kier molecular flexibility index (Phi) is 4.13. The highest BCUT2D eigenvalue weighted by Crippen LogP contribution is 2.42. The lowest BCUT2D eigenvalue weighted by atomic mass is 9.77. The maximum Gasteiger partial charge on any atom is 0.360 e. The van der Waals surface area contributed by atoms with Crippen LogP contribution in [0.5, 0.6) is 0 Å². The van der Waals surface area contributed by atoms with E-state index in [0.29, 0.717) is 17.6 Å². The van der Waals surface area contributed by atoms with E-state index >= 15 is 0 Å². The number of carbonyl (C=O) groups is 1. The highest BCUT2D eigenvalue weighted by atomic mass is 35.5. The molecule has 1 aromatic carbocycles. The lowest BCUT2D eigenvalue weighted by Crippen LogP contribution is -2.46. The minimum absolute atomic E-state index is 0.346. The van der Waals surface area contributed by atoms with Gasteiger partial charge in [0.15, 0.2) is 0 Å². The average molecular weight is 312 g/mol. The van der Waals surface area contributed by atoms with Crippen LogP contribution in [0.1, 0.15) is 45.0 Å². The Bertz CT molecular complexity index is 523. The Labute approximate surface area is 130 Å². The van der Waals surface area contributed by atoms with E-state index < -0.39 is 17.2 Å². The first kappa shape index (κ1) is 16.3. The molecule has 0 spiro atoms. The van der Waals surface area contributed by atoms with E-state index in [9.17, 15) is 4.79 Å². The van der Waals surface area contributed by atoms with Crippen LogP contribution in [0, 0.1) is 0 Å². The zero-order chi connectivity index (χ0) is 15.9. The molecule has 0 unspecified atom stereocenters. The Balaban J connectivity index is 2.25. The monoisotopic (exact) mass is 311 g/mol. The molecular weight excluding hydrogens is 290 g/mol. The summed E-state index contributed by atoms with van der Waals surface area (Å²) in [4.78, 5) is 11.7. The number of hydrogen-bond acceptors (Lipinski definition) is 4. The molecule has 21 heavy (non-hydrogen) atoms. The van der Waals surface area contributed by atoms with E-state index in [0.717, 1.165) is 0 Å². The zero-order valence-corrected chi connectivity index (χ0v) is 13.9. The number of halogens is 1. The van der Waals surface area contributed by atoms with E-state index in [4.69, 9.17) is 25.5 Å². The van der Waals surface area contributed by atoms with Crippen molar-refractivity contribution < 1.29 is 18.8 Å². The summed E-state index contributed by atoms with van der Waals surface area (Å²) in [6.45, 7) is 9.92. The van der Waals surface area contributed by atoms with Crippen molar-refractivity contribution in [1.82, 2.24) is 0 Å². The number of benzene rings is 1. The van der Waals surface area contributed by atoms with Gasteiger partial charge in [0.2, 0.25) is 0 Å². The molecule has 6 heteroatoms. The molecule has 0 N–H and O–H groups in total. The van der Waals surface area contributed by atoms with Gasteiger partial charge in [-0.2, -0.15) is 0 Å². The van der Waals surface area contributed by atoms with Crippen LogP contribution in [0.15, 0.2) is 24.3 Å². The standard InChI is InChI=1S/C15H21BClO4/c1-6-19-13(18)11-7-9-12(10-8-11)16(17)20-14(2,3)15(4,5)21-16/h7-10H,6H2,1-5H3/q-1. The van der Waals surface area contributed by atoms with Crippen LogP contribution in [-0.4, -0.2) is 29.7 Å². The van der Waals surface area contributed by atoms with E-state index in [1.54, 1.807) is 31.2 Å². The van der Waals surface area contributed by atoms with Gasteiger partial charge in [-0.15, -0.1) is 5.46 Å². The molecule has 0 saturated carbocycles. The fraction of sp³-hybridized carbons (Fsp3) is 0.533. The van der Waals surface area contributed by atoms with Crippen molar-refractivity contribution in [3.8, 4) is 0 Å². The molecule has 0 aliphatic carbocycles. The topological polar surface area (TPSA) is 44.8 Å². The van der Waals surface area contributed by atoms with Crippen LogP contribution in [0.4, 0.5) is 0 Å². The molecule has 0 aromatic heterocycles. The zero-order valence-electron chi connectivity index (χ0n) is 13.1. The molecule has 0 amide bonds. The molecule has 2 rings (SSSR count). The molecule has 0 atom stereocenters. The summed E-state index contributed by atoms with van der Waals surface area (Å²) < 4.78 is 16.9. The van der Waals surface area contributed by atoms with Crippen LogP contribution in [0.2, 0.25) is 0 Å². The van der Waals surface area contributed by atoms with Gasteiger partial charge >= 0.3 is 11.9 Å². The maximum atomic E-state index is 11.7. The molecule has 1 aliphatic rings. The van der Waals surface area contributed by atoms with Crippen LogP contribution in [0.25, 0.3) is 0 Å². The van der Waals surface area contributed by atoms with E-state index in [1.165, 1.54) is 0 Å². The van der Waals surface area contributed by atoms with Gasteiger partial charge in [0.1, 0.15) is 0 Å². The second-order valence-corrected chi connectivity index (χ2v) is 6.79. The first-order chi connectivity index (χ1) is 9.61. The van der Waals surface area contributed by atoms with Crippen molar-refractivity contribution in [1.29, 1.82) is 0 Å². The van der Waals surface area contributed by atoms with E-state index in [2.05, 4.69) is 0 Å². The summed E-state index contributed by atoms with van der Waals surface area (Å²) in [5, 5.41) is 0. The van der Waals surface area contributed by atoms with Gasteiger partial charge < -0.3 is 25.5 Å². The maximum absolute atomic E-state index is 11.7. The van der Waals surface area contributed by atoms with Crippen molar-refractivity contribution >= 4 is 28.9 Å². The summed E-state index contributed by atoms with van der Waals surface area (Å²) in [7, 11) is 0. The van der Waals surface area contributed by atoms with Crippen molar-refractivity contribution in [3.63, 3.8) is 0 Å². The first-order valence-corrected chi connectivity index (χ1v) is 7.55. The molecule has 1 aliphatic heterocycles. The van der Waals surface area contributed by atoms with Crippen molar-refractivity contribution in [2.45, 2.75) is 45.8 Å². The van der Waals surface area contributed by atoms with Crippen molar-refractivity contribution in [2.24, 2.45) is 0 Å². The van der Waals surface area contributed by atoms with Gasteiger partial charge in [0.25, 0.3) is 0 Å². The minimum atomic E-state index is -2.09. The fourth-order valence-electron chi connectivity index (χ4n) is 2.27. The molecule has 1 aromatic rings. The Morgan fingerprint density at radius 1 is 1.14 bits per heavy atom. The normalized spacial score (nSPS) is 22.0. The molecule has 1 saturated heterocycles. The largest absolute Gasteiger partial charge is 0.545 e. The number of ether oxygens (including phenoxy) is 1. The molecular formula is C15H21BClO4-. The lowest BCUT2D eigenvalue weighted by molar-refractivity contribution is 0.00578. The van der Waals surface area contributed by atoms with Crippen LogP contribution in [-0.2, 0) is 14.0 Å². The van der Waals surface area contributed by atoms with Gasteiger partial charge in [-0.05, 0) is 34.6 Å². The number of esters is 1. The number of carbonyl (C=O) groups excluding carboxylic acids is 1. The highest BCUT2D eigenvalue weighted by molar-refractivity contribution is 7.20. The van der Waals surface area contributed by atoms with Crippen molar-refractivity contribution in [2.75, 3.05) is 6.61 Å². The van der Waals surface area contributed by atoms with Crippen molar-refractivity contribution in [3.05, 3.63) is 29.8 Å². The molecule has 4 nitrogen and oxygen atoms in total. The average Bonchev–Trinajstić information content (AvgIpc) is 2.54. The fourth-order valence-corrected chi connectivity index (χ4v) is 2.86.